The second kappa shape index (κ2) is 6.40. The Bertz CT molecular complexity index is 823. The van der Waals surface area contributed by atoms with Gasteiger partial charge in [-0.1, -0.05) is 59.3 Å². The zero-order valence-electron chi connectivity index (χ0n) is 13.5. The highest BCUT2D eigenvalue weighted by atomic mass is 79.9. The van der Waals surface area contributed by atoms with Crippen LogP contribution in [0.3, 0.4) is 0 Å². The zero-order chi connectivity index (χ0) is 16.5. The monoisotopic (exact) mass is 382 g/mol. The van der Waals surface area contributed by atoms with E-state index >= 15 is 0 Å². The van der Waals surface area contributed by atoms with Crippen molar-refractivity contribution in [3.05, 3.63) is 76.0 Å². The Morgan fingerprint density at radius 3 is 2.50 bits per heavy atom. The molecule has 1 aromatic heterocycles. The molecular weight excluding hydrogens is 364 g/mol. The second-order valence-electron chi connectivity index (χ2n) is 6.12. The SMILES string of the molecule is CCc1ccc(C2CC(c3ccc(Br)cc3)Nc3ncnn32)cc1. The van der Waals surface area contributed by atoms with Crippen molar-refractivity contribution in [3.63, 3.8) is 0 Å². The molecule has 0 amide bonds. The molecule has 2 atom stereocenters. The number of benzene rings is 2. The van der Waals surface area contributed by atoms with E-state index in [0.717, 1.165) is 23.3 Å². The third kappa shape index (κ3) is 2.84. The first-order chi connectivity index (χ1) is 11.7. The molecule has 24 heavy (non-hydrogen) atoms. The van der Waals surface area contributed by atoms with Gasteiger partial charge in [0.25, 0.3) is 0 Å². The molecule has 0 saturated carbocycles. The summed E-state index contributed by atoms with van der Waals surface area (Å²) in [6.07, 6.45) is 3.63. The van der Waals surface area contributed by atoms with Gasteiger partial charge in [-0.25, -0.2) is 4.68 Å². The third-order valence-electron chi connectivity index (χ3n) is 4.68. The lowest BCUT2D eigenvalue weighted by atomic mass is 9.93. The van der Waals surface area contributed by atoms with Crippen molar-refractivity contribution in [2.45, 2.75) is 31.8 Å². The molecule has 1 aliphatic rings. The van der Waals surface area contributed by atoms with Crippen molar-refractivity contribution in [1.82, 2.24) is 14.8 Å². The number of hydrogen-bond donors (Lipinski definition) is 1. The maximum Gasteiger partial charge on any atom is 0.222 e. The maximum absolute atomic E-state index is 4.43. The van der Waals surface area contributed by atoms with Crippen LogP contribution in [0.1, 0.15) is 42.1 Å². The molecule has 0 radical (unpaired) electrons. The first-order valence-electron chi connectivity index (χ1n) is 8.25. The Hall–Kier alpha value is -2.14. The van der Waals surface area contributed by atoms with Crippen molar-refractivity contribution < 1.29 is 0 Å². The van der Waals surface area contributed by atoms with Crippen molar-refractivity contribution in [3.8, 4) is 0 Å². The largest absolute Gasteiger partial charge is 0.348 e. The smallest absolute Gasteiger partial charge is 0.222 e. The summed E-state index contributed by atoms with van der Waals surface area (Å²) in [4.78, 5) is 4.39. The van der Waals surface area contributed by atoms with Gasteiger partial charge in [-0.2, -0.15) is 10.1 Å². The van der Waals surface area contributed by atoms with Crippen LogP contribution in [-0.4, -0.2) is 14.8 Å². The Morgan fingerprint density at radius 2 is 1.79 bits per heavy atom. The van der Waals surface area contributed by atoms with E-state index in [-0.39, 0.29) is 12.1 Å². The molecule has 0 spiro atoms. The molecule has 0 saturated heterocycles. The summed E-state index contributed by atoms with van der Waals surface area (Å²) in [5.74, 6) is 0.832. The van der Waals surface area contributed by atoms with Crippen LogP contribution in [0.25, 0.3) is 0 Å². The molecule has 2 aromatic carbocycles. The predicted octanol–water partition coefficient (Wildman–Crippen LogP) is 4.75. The highest BCUT2D eigenvalue weighted by Gasteiger charge is 2.29. The standard InChI is InChI=1S/C19H19BrN4/c1-2-13-3-5-15(6-4-13)18-11-17(14-7-9-16(20)10-8-14)23-19-21-12-22-24(18)19/h3-10,12,17-18H,2,11H2,1H3,(H,21,22,23). The van der Waals surface area contributed by atoms with Gasteiger partial charge < -0.3 is 5.32 Å². The minimum atomic E-state index is 0.198. The Balaban J connectivity index is 1.69. The van der Waals surface area contributed by atoms with Crippen LogP contribution in [0.2, 0.25) is 0 Å². The van der Waals surface area contributed by atoms with Crippen LogP contribution in [0, 0.1) is 0 Å². The zero-order valence-corrected chi connectivity index (χ0v) is 15.1. The number of anilines is 1. The average Bonchev–Trinajstić information content (AvgIpc) is 3.10. The lowest BCUT2D eigenvalue weighted by molar-refractivity contribution is 0.431. The van der Waals surface area contributed by atoms with E-state index < -0.39 is 0 Å². The highest BCUT2D eigenvalue weighted by Crippen LogP contribution is 2.37. The molecular formula is C19H19BrN4. The molecule has 122 valence electrons. The van der Waals surface area contributed by atoms with E-state index in [1.165, 1.54) is 16.7 Å². The topological polar surface area (TPSA) is 42.7 Å². The molecule has 2 unspecified atom stereocenters. The molecule has 2 heterocycles. The molecule has 4 nitrogen and oxygen atoms in total. The lowest BCUT2D eigenvalue weighted by Gasteiger charge is -2.32. The number of fused-ring (bicyclic) bond motifs is 1. The first-order valence-corrected chi connectivity index (χ1v) is 9.04. The number of halogens is 1. The van der Waals surface area contributed by atoms with E-state index in [2.05, 4.69) is 86.8 Å². The maximum atomic E-state index is 4.43. The minimum Gasteiger partial charge on any atom is -0.348 e. The third-order valence-corrected chi connectivity index (χ3v) is 5.20. The van der Waals surface area contributed by atoms with Crippen molar-refractivity contribution in [2.75, 3.05) is 5.32 Å². The molecule has 3 aromatic rings. The van der Waals surface area contributed by atoms with Crippen molar-refractivity contribution in [2.24, 2.45) is 0 Å². The quantitative estimate of drug-likeness (QED) is 0.710. The number of nitrogens with one attached hydrogen (secondary N) is 1. The van der Waals surface area contributed by atoms with Gasteiger partial charge in [-0.3, -0.25) is 0 Å². The van der Waals surface area contributed by atoms with E-state index in [1.54, 1.807) is 6.33 Å². The number of rotatable bonds is 3. The first kappa shape index (κ1) is 15.4. The molecule has 1 N–H and O–H groups in total. The second-order valence-corrected chi connectivity index (χ2v) is 7.04. The normalized spacial score (nSPS) is 19.6. The summed E-state index contributed by atoms with van der Waals surface area (Å²) in [5, 5.41) is 7.94. The predicted molar refractivity (Wildman–Crippen MR) is 99.1 cm³/mol. The van der Waals surface area contributed by atoms with E-state index in [1.807, 2.05) is 4.68 Å². The minimum absolute atomic E-state index is 0.198. The average molecular weight is 383 g/mol. The summed E-state index contributed by atoms with van der Waals surface area (Å²) >= 11 is 3.50. The molecule has 1 aliphatic heterocycles. The Morgan fingerprint density at radius 1 is 1.08 bits per heavy atom. The molecule has 0 bridgehead atoms. The van der Waals surface area contributed by atoms with Gasteiger partial charge in [0.05, 0.1) is 12.1 Å². The fourth-order valence-electron chi connectivity index (χ4n) is 3.29. The van der Waals surface area contributed by atoms with Gasteiger partial charge in [-0.05, 0) is 41.7 Å². The molecule has 4 rings (SSSR count). The van der Waals surface area contributed by atoms with E-state index in [9.17, 15) is 0 Å². The lowest BCUT2D eigenvalue weighted by Crippen LogP contribution is -2.28. The number of nitrogens with zero attached hydrogens (tertiary/aromatic N) is 3. The van der Waals surface area contributed by atoms with Crippen molar-refractivity contribution in [1.29, 1.82) is 0 Å². The van der Waals surface area contributed by atoms with Crippen molar-refractivity contribution >= 4 is 21.9 Å². The van der Waals surface area contributed by atoms with Gasteiger partial charge >= 0.3 is 0 Å². The van der Waals surface area contributed by atoms with Crippen LogP contribution >= 0.6 is 15.9 Å². The number of hydrogen-bond acceptors (Lipinski definition) is 3. The summed E-state index contributed by atoms with van der Waals surface area (Å²) in [7, 11) is 0. The molecule has 0 aliphatic carbocycles. The molecule has 5 heteroatoms. The van der Waals surface area contributed by atoms with Crippen LogP contribution in [-0.2, 0) is 6.42 Å². The van der Waals surface area contributed by atoms with Crippen LogP contribution in [0.5, 0.6) is 0 Å². The van der Waals surface area contributed by atoms with Gasteiger partial charge in [0.15, 0.2) is 0 Å². The summed E-state index contributed by atoms with van der Waals surface area (Å²) in [6, 6.07) is 17.8. The molecule has 0 fully saturated rings. The van der Waals surface area contributed by atoms with Crippen LogP contribution < -0.4 is 5.32 Å². The number of aryl methyl sites for hydroxylation is 1. The van der Waals surface area contributed by atoms with Crippen LogP contribution in [0.4, 0.5) is 5.95 Å². The highest BCUT2D eigenvalue weighted by molar-refractivity contribution is 9.10. The van der Waals surface area contributed by atoms with E-state index in [0.29, 0.717) is 0 Å². The van der Waals surface area contributed by atoms with Gasteiger partial charge in [0, 0.05) is 4.47 Å². The number of aromatic nitrogens is 3. The van der Waals surface area contributed by atoms with Crippen LogP contribution in [0.15, 0.2) is 59.3 Å². The fourth-order valence-corrected chi connectivity index (χ4v) is 3.55. The van der Waals surface area contributed by atoms with E-state index in [4.69, 9.17) is 0 Å². The Kier molecular flexibility index (Phi) is 4.10. The summed E-state index contributed by atoms with van der Waals surface area (Å²) in [6.45, 7) is 2.18. The van der Waals surface area contributed by atoms with Gasteiger partial charge in [0.1, 0.15) is 6.33 Å². The Labute approximate surface area is 150 Å². The fraction of sp³-hybridized carbons (Fsp3) is 0.263. The van der Waals surface area contributed by atoms with Gasteiger partial charge in [-0.15, -0.1) is 0 Å². The van der Waals surface area contributed by atoms with Gasteiger partial charge in [0.2, 0.25) is 5.95 Å². The summed E-state index contributed by atoms with van der Waals surface area (Å²) in [5.41, 5.74) is 3.90. The summed E-state index contributed by atoms with van der Waals surface area (Å²) < 4.78 is 3.09.